The second-order valence-corrected chi connectivity index (χ2v) is 4.75. The maximum Gasteiger partial charge on any atom is 0.119 e. The number of hydrogen-bond acceptors (Lipinski definition) is 2. The van der Waals surface area contributed by atoms with E-state index in [1.807, 2.05) is 12.1 Å². The third-order valence-electron chi connectivity index (χ3n) is 3.61. The summed E-state index contributed by atoms with van der Waals surface area (Å²) in [5.41, 5.74) is 9.38. The van der Waals surface area contributed by atoms with Gasteiger partial charge in [0.25, 0.3) is 0 Å². The molecule has 0 bridgehead atoms. The summed E-state index contributed by atoms with van der Waals surface area (Å²) in [7, 11) is 1.67. The van der Waals surface area contributed by atoms with Gasteiger partial charge in [0.2, 0.25) is 0 Å². The molecule has 0 aliphatic carbocycles. The van der Waals surface area contributed by atoms with Crippen LogP contribution in [-0.2, 0) is 6.54 Å². The van der Waals surface area contributed by atoms with Crippen molar-refractivity contribution in [3.63, 3.8) is 0 Å². The second-order valence-electron chi connectivity index (χ2n) is 4.75. The van der Waals surface area contributed by atoms with Gasteiger partial charge in [-0.1, -0.05) is 48.5 Å². The number of benzene rings is 3. The van der Waals surface area contributed by atoms with E-state index < -0.39 is 0 Å². The van der Waals surface area contributed by atoms with Crippen LogP contribution in [-0.4, -0.2) is 7.11 Å². The van der Waals surface area contributed by atoms with Crippen molar-refractivity contribution in [1.29, 1.82) is 0 Å². The van der Waals surface area contributed by atoms with E-state index in [9.17, 15) is 0 Å². The summed E-state index contributed by atoms with van der Waals surface area (Å²) in [6, 6.07) is 20.8. The molecule has 0 radical (unpaired) electrons. The Morgan fingerprint density at radius 1 is 0.900 bits per heavy atom. The number of hydrogen-bond donors (Lipinski definition) is 1. The molecule has 3 rings (SSSR count). The standard InChI is InChI=1S/C18H17NO/c1-20-15-9-10-17(14(11-15)12-19)18-8-4-6-13-5-2-3-7-16(13)18/h2-11H,12,19H2,1H3. The van der Waals surface area contributed by atoms with Crippen LogP contribution >= 0.6 is 0 Å². The highest BCUT2D eigenvalue weighted by molar-refractivity contribution is 5.97. The zero-order valence-electron chi connectivity index (χ0n) is 11.5. The lowest BCUT2D eigenvalue weighted by Gasteiger charge is -2.12. The zero-order valence-corrected chi connectivity index (χ0v) is 11.5. The molecule has 3 aromatic carbocycles. The fourth-order valence-corrected chi connectivity index (χ4v) is 2.59. The molecule has 0 spiro atoms. The molecule has 100 valence electrons. The highest BCUT2D eigenvalue weighted by atomic mass is 16.5. The van der Waals surface area contributed by atoms with Gasteiger partial charge in [-0.3, -0.25) is 0 Å². The van der Waals surface area contributed by atoms with Gasteiger partial charge in [-0.25, -0.2) is 0 Å². The van der Waals surface area contributed by atoms with Crippen molar-refractivity contribution < 1.29 is 4.74 Å². The monoisotopic (exact) mass is 263 g/mol. The third kappa shape index (κ3) is 2.15. The van der Waals surface area contributed by atoms with Crippen molar-refractivity contribution in [3.8, 4) is 16.9 Å². The zero-order chi connectivity index (χ0) is 13.9. The Bertz CT molecular complexity index is 744. The predicted molar refractivity (Wildman–Crippen MR) is 83.8 cm³/mol. The van der Waals surface area contributed by atoms with Gasteiger partial charge in [-0.05, 0) is 39.6 Å². The molecule has 3 aromatic rings. The lowest BCUT2D eigenvalue weighted by molar-refractivity contribution is 0.414. The normalized spacial score (nSPS) is 10.7. The van der Waals surface area contributed by atoms with E-state index in [0.29, 0.717) is 6.54 Å². The van der Waals surface area contributed by atoms with Crippen LogP contribution in [0.25, 0.3) is 21.9 Å². The minimum absolute atomic E-state index is 0.496. The lowest BCUT2D eigenvalue weighted by atomic mass is 9.94. The van der Waals surface area contributed by atoms with Crippen molar-refractivity contribution in [2.45, 2.75) is 6.54 Å². The summed E-state index contributed by atoms with van der Waals surface area (Å²) >= 11 is 0. The van der Waals surface area contributed by atoms with E-state index in [0.717, 1.165) is 11.3 Å². The second kappa shape index (κ2) is 5.35. The molecule has 2 nitrogen and oxygen atoms in total. The van der Waals surface area contributed by atoms with Crippen LogP contribution in [0.5, 0.6) is 5.75 Å². The van der Waals surface area contributed by atoms with Gasteiger partial charge in [0.1, 0.15) is 5.75 Å². The summed E-state index contributed by atoms with van der Waals surface area (Å²) < 4.78 is 5.28. The maximum absolute atomic E-state index is 5.90. The minimum Gasteiger partial charge on any atom is -0.497 e. The van der Waals surface area contributed by atoms with Gasteiger partial charge in [0.05, 0.1) is 7.11 Å². The number of methoxy groups -OCH3 is 1. The molecule has 0 aliphatic rings. The average molecular weight is 263 g/mol. The van der Waals surface area contributed by atoms with Crippen molar-refractivity contribution in [3.05, 3.63) is 66.2 Å². The molecular weight excluding hydrogens is 246 g/mol. The number of nitrogens with two attached hydrogens (primary N) is 1. The van der Waals surface area contributed by atoms with Crippen molar-refractivity contribution in [2.75, 3.05) is 7.11 Å². The molecule has 0 saturated carbocycles. The van der Waals surface area contributed by atoms with Crippen molar-refractivity contribution in [1.82, 2.24) is 0 Å². The molecule has 2 N–H and O–H groups in total. The summed E-state index contributed by atoms with van der Waals surface area (Å²) in [4.78, 5) is 0. The smallest absolute Gasteiger partial charge is 0.119 e. The summed E-state index contributed by atoms with van der Waals surface area (Å²) in [5, 5.41) is 2.48. The molecule has 2 heteroatoms. The van der Waals surface area contributed by atoms with E-state index in [1.54, 1.807) is 7.11 Å². The Balaban J connectivity index is 2.25. The molecular formula is C18H17NO. The summed E-state index contributed by atoms with van der Waals surface area (Å²) in [6.45, 7) is 0.496. The van der Waals surface area contributed by atoms with Gasteiger partial charge in [-0.15, -0.1) is 0 Å². The van der Waals surface area contributed by atoms with E-state index in [-0.39, 0.29) is 0 Å². The quantitative estimate of drug-likeness (QED) is 0.776. The van der Waals surface area contributed by atoms with Crippen LogP contribution in [0.1, 0.15) is 5.56 Å². The van der Waals surface area contributed by atoms with E-state index in [2.05, 4.69) is 48.5 Å². The first-order valence-corrected chi connectivity index (χ1v) is 6.68. The number of fused-ring (bicyclic) bond motifs is 1. The van der Waals surface area contributed by atoms with Crippen LogP contribution < -0.4 is 10.5 Å². The number of rotatable bonds is 3. The summed E-state index contributed by atoms with van der Waals surface area (Å²) in [6.07, 6.45) is 0. The fraction of sp³-hybridized carbons (Fsp3) is 0.111. The Labute approximate surface area is 118 Å². The predicted octanol–water partition coefficient (Wildman–Crippen LogP) is 3.97. The Kier molecular flexibility index (Phi) is 3.40. The maximum atomic E-state index is 5.90. The largest absolute Gasteiger partial charge is 0.497 e. The van der Waals surface area contributed by atoms with E-state index >= 15 is 0 Å². The first kappa shape index (κ1) is 12.7. The summed E-state index contributed by atoms with van der Waals surface area (Å²) in [5.74, 6) is 0.842. The van der Waals surface area contributed by atoms with Gasteiger partial charge >= 0.3 is 0 Å². The topological polar surface area (TPSA) is 35.2 Å². The molecule has 0 unspecified atom stereocenters. The van der Waals surface area contributed by atoms with Crippen LogP contribution in [0.4, 0.5) is 0 Å². The van der Waals surface area contributed by atoms with Crippen LogP contribution in [0.15, 0.2) is 60.7 Å². The van der Waals surface area contributed by atoms with Gasteiger partial charge < -0.3 is 10.5 Å². The van der Waals surface area contributed by atoms with Gasteiger partial charge in [0.15, 0.2) is 0 Å². The van der Waals surface area contributed by atoms with Gasteiger partial charge in [-0.2, -0.15) is 0 Å². The Hall–Kier alpha value is -2.32. The molecule has 20 heavy (non-hydrogen) atoms. The van der Waals surface area contributed by atoms with Crippen molar-refractivity contribution in [2.24, 2.45) is 5.73 Å². The molecule has 0 amide bonds. The Morgan fingerprint density at radius 3 is 2.50 bits per heavy atom. The average Bonchev–Trinajstić information content (AvgIpc) is 2.53. The molecule has 0 aromatic heterocycles. The van der Waals surface area contributed by atoms with Crippen LogP contribution in [0.2, 0.25) is 0 Å². The lowest BCUT2D eigenvalue weighted by Crippen LogP contribution is -2.00. The fourth-order valence-electron chi connectivity index (χ4n) is 2.59. The van der Waals surface area contributed by atoms with Crippen LogP contribution in [0, 0.1) is 0 Å². The molecule has 0 saturated heterocycles. The minimum atomic E-state index is 0.496. The van der Waals surface area contributed by atoms with E-state index in [1.165, 1.54) is 21.9 Å². The molecule has 0 atom stereocenters. The van der Waals surface area contributed by atoms with Crippen molar-refractivity contribution >= 4 is 10.8 Å². The number of ether oxygens (including phenoxy) is 1. The van der Waals surface area contributed by atoms with Gasteiger partial charge in [0, 0.05) is 6.54 Å². The molecule has 0 fully saturated rings. The molecule has 0 heterocycles. The highest BCUT2D eigenvalue weighted by Gasteiger charge is 2.08. The first-order valence-electron chi connectivity index (χ1n) is 6.68. The highest BCUT2D eigenvalue weighted by Crippen LogP contribution is 2.32. The first-order chi connectivity index (χ1) is 9.83. The molecule has 0 aliphatic heterocycles. The Morgan fingerprint density at radius 2 is 1.70 bits per heavy atom. The SMILES string of the molecule is COc1ccc(-c2cccc3ccccc23)c(CN)c1. The van der Waals surface area contributed by atoms with Crippen LogP contribution in [0.3, 0.4) is 0 Å². The third-order valence-corrected chi connectivity index (χ3v) is 3.61. The van der Waals surface area contributed by atoms with E-state index in [4.69, 9.17) is 10.5 Å².